The smallest absolute Gasteiger partial charge is 0.261 e. The van der Waals surface area contributed by atoms with Crippen molar-refractivity contribution in [2.75, 3.05) is 26.2 Å². The Labute approximate surface area is 184 Å². The summed E-state index contributed by atoms with van der Waals surface area (Å²) in [6.45, 7) is 3.64. The Morgan fingerprint density at radius 1 is 0.969 bits per heavy atom. The first-order valence-corrected chi connectivity index (χ1v) is 11.7. The molecule has 0 bridgehead atoms. The van der Waals surface area contributed by atoms with E-state index in [0.717, 1.165) is 0 Å². The first-order valence-electron chi connectivity index (χ1n) is 10.3. The van der Waals surface area contributed by atoms with E-state index in [1.54, 1.807) is 29.8 Å². The molecule has 0 N–H and O–H groups in total. The van der Waals surface area contributed by atoms with E-state index in [-0.39, 0.29) is 22.0 Å². The fourth-order valence-corrected chi connectivity index (χ4v) is 5.79. The number of fused-ring (bicyclic) bond motifs is 2. The monoisotopic (exact) mass is 454 g/mol. The van der Waals surface area contributed by atoms with E-state index < -0.39 is 10.0 Å². The minimum absolute atomic E-state index is 0.0898. The molecule has 0 spiro atoms. The summed E-state index contributed by atoms with van der Waals surface area (Å²) in [5.41, 5.74) is 1.21. The maximum absolute atomic E-state index is 13.2. The van der Waals surface area contributed by atoms with Crippen LogP contribution in [0.5, 0.6) is 0 Å². The highest BCUT2D eigenvalue weighted by molar-refractivity contribution is 7.89. The van der Waals surface area contributed by atoms with Crippen molar-refractivity contribution in [2.24, 2.45) is 7.05 Å². The van der Waals surface area contributed by atoms with Crippen molar-refractivity contribution in [3.8, 4) is 0 Å². The van der Waals surface area contributed by atoms with Crippen molar-refractivity contribution in [3.05, 3.63) is 58.6 Å². The van der Waals surface area contributed by atoms with Crippen LogP contribution in [0.15, 0.2) is 56.8 Å². The normalized spacial score (nSPS) is 17.2. The number of aromatic nitrogens is 4. The molecule has 0 saturated carbocycles. The summed E-state index contributed by atoms with van der Waals surface area (Å²) in [7, 11) is -2.02. The lowest BCUT2D eigenvalue weighted by molar-refractivity contribution is 0.139. The van der Waals surface area contributed by atoms with Crippen LogP contribution in [0.3, 0.4) is 0 Å². The number of piperazine rings is 1. The van der Waals surface area contributed by atoms with Crippen LogP contribution >= 0.6 is 0 Å². The number of benzene rings is 2. The van der Waals surface area contributed by atoms with Crippen LogP contribution in [0.2, 0.25) is 0 Å². The third-order valence-electron chi connectivity index (χ3n) is 6.08. The molecule has 4 aromatic rings. The second-order valence-electron chi connectivity index (χ2n) is 7.86. The molecule has 1 aliphatic heterocycles. The van der Waals surface area contributed by atoms with Crippen molar-refractivity contribution in [1.82, 2.24) is 29.1 Å². The van der Waals surface area contributed by atoms with Gasteiger partial charge in [-0.15, -0.1) is 0 Å². The Morgan fingerprint density at radius 2 is 1.69 bits per heavy atom. The van der Waals surface area contributed by atoms with E-state index in [1.807, 2.05) is 25.1 Å². The van der Waals surface area contributed by atoms with E-state index in [2.05, 4.69) is 15.2 Å². The molecule has 10 nitrogen and oxygen atoms in total. The molecule has 0 radical (unpaired) electrons. The third kappa shape index (κ3) is 3.29. The molecule has 1 unspecified atom stereocenters. The van der Waals surface area contributed by atoms with E-state index in [9.17, 15) is 13.2 Å². The molecule has 2 aromatic heterocycles. The predicted molar refractivity (Wildman–Crippen MR) is 118 cm³/mol. The molecule has 32 heavy (non-hydrogen) atoms. The zero-order valence-corrected chi connectivity index (χ0v) is 18.5. The summed E-state index contributed by atoms with van der Waals surface area (Å²) in [4.78, 5) is 19.7. The molecule has 0 amide bonds. The quantitative estimate of drug-likeness (QED) is 0.456. The number of para-hydroxylation sites is 1. The summed E-state index contributed by atoms with van der Waals surface area (Å²) in [6.07, 6.45) is 0. The van der Waals surface area contributed by atoms with Crippen LogP contribution in [0, 0.1) is 0 Å². The van der Waals surface area contributed by atoms with Crippen LogP contribution in [0.1, 0.15) is 18.8 Å². The first kappa shape index (κ1) is 20.7. The molecule has 11 heteroatoms. The van der Waals surface area contributed by atoms with Crippen molar-refractivity contribution < 1.29 is 13.0 Å². The maximum Gasteiger partial charge on any atom is 0.261 e. The van der Waals surface area contributed by atoms with Gasteiger partial charge in [-0.05, 0) is 41.5 Å². The Bertz CT molecular complexity index is 1470. The van der Waals surface area contributed by atoms with E-state index >= 15 is 0 Å². The summed E-state index contributed by atoms with van der Waals surface area (Å²) in [5, 5.41) is 8.08. The van der Waals surface area contributed by atoms with Gasteiger partial charge in [0.05, 0.1) is 16.9 Å². The van der Waals surface area contributed by atoms with E-state index in [0.29, 0.717) is 48.4 Å². The number of nitrogens with zero attached hydrogens (tertiary/aromatic N) is 6. The predicted octanol–water partition coefficient (Wildman–Crippen LogP) is 1.54. The standard InChI is InChI=1S/C21H22N6O4S/c1-14(20-22-16-7-4-3-6-15(16)21(28)25(20)2)26-10-12-27(13-11-26)32(29,30)18-9-5-8-17-19(18)24-31-23-17/h3-9,14H,10-13H2,1-2H3. The van der Waals surface area contributed by atoms with Gasteiger partial charge < -0.3 is 0 Å². The minimum atomic E-state index is -3.74. The van der Waals surface area contributed by atoms with Gasteiger partial charge >= 0.3 is 0 Å². The molecule has 1 atom stereocenters. The lowest BCUT2D eigenvalue weighted by Crippen LogP contribution is -2.49. The lowest BCUT2D eigenvalue weighted by atomic mass is 10.2. The van der Waals surface area contributed by atoms with Crippen LogP contribution in [0.4, 0.5) is 0 Å². The number of hydrogen-bond donors (Lipinski definition) is 0. The molecule has 2 aromatic carbocycles. The third-order valence-corrected chi connectivity index (χ3v) is 8.01. The average Bonchev–Trinajstić information content (AvgIpc) is 3.30. The number of rotatable bonds is 4. The van der Waals surface area contributed by atoms with Gasteiger partial charge in [0, 0.05) is 33.2 Å². The summed E-state index contributed by atoms with van der Waals surface area (Å²) >= 11 is 0. The average molecular weight is 455 g/mol. The summed E-state index contributed by atoms with van der Waals surface area (Å²) in [5.74, 6) is 0.656. The molecule has 166 valence electrons. The summed E-state index contributed by atoms with van der Waals surface area (Å²) in [6, 6.07) is 11.9. The summed E-state index contributed by atoms with van der Waals surface area (Å²) < 4.78 is 34.2. The van der Waals surface area contributed by atoms with Gasteiger partial charge in [0.15, 0.2) is 5.52 Å². The molecule has 0 aliphatic carbocycles. The number of hydrogen-bond acceptors (Lipinski definition) is 8. The first-order chi connectivity index (χ1) is 15.4. The van der Waals surface area contributed by atoms with Crippen molar-refractivity contribution in [3.63, 3.8) is 0 Å². The van der Waals surface area contributed by atoms with Crippen LogP contribution in [-0.2, 0) is 17.1 Å². The van der Waals surface area contributed by atoms with Gasteiger partial charge in [-0.25, -0.2) is 18.0 Å². The zero-order chi connectivity index (χ0) is 22.5. The van der Waals surface area contributed by atoms with Gasteiger partial charge in [-0.1, -0.05) is 18.2 Å². The maximum atomic E-state index is 13.2. The fraction of sp³-hybridized carbons (Fsp3) is 0.333. The van der Waals surface area contributed by atoms with Crippen LogP contribution in [0.25, 0.3) is 21.9 Å². The Balaban J connectivity index is 1.38. The highest BCUT2D eigenvalue weighted by Gasteiger charge is 2.33. The molecule has 1 fully saturated rings. The van der Waals surface area contributed by atoms with E-state index in [1.165, 1.54) is 10.4 Å². The van der Waals surface area contributed by atoms with Crippen molar-refractivity contribution in [1.29, 1.82) is 0 Å². The second-order valence-corrected chi connectivity index (χ2v) is 9.76. The number of sulfonamides is 1. The minimum Gasteiger partial charge on any atom is -0.298 e. The van der Waals surface area contributed by atoms with Crippen LogP contribution < -0.4 is 5.56 Å². The SMILES string of the molecule is CC(c1nc2ccccc2c(=O)n1C)N1CCN(S(=O)(=O)c2cccc3nonc23)CC1. The fourth-order valence-electron chi connectivity index (χ4n) is 4.23. The van der Waals surface area contributed by atoms with Gasteiger partial charge in [-0.3, -0.25) is 14.3 Å². The molecule has 1 aliphatic rings. The highest BCUT2D eigenvalue weighted by atomic mass is 32.2. The molecular weight excluding hydrogens is 432 g/mol. The van der Waals surface area contributed by atoms with E-state index in [4.69, 9.17) is 9.61 Å². The molecule has 3 heterocycles. The van der Waals surface area contributed by atoms with Crippen LogP contribution in [-0.4, -0.2) is 63.7 Å². The van der Waals surface area contributed by atoms with Crippen molar-refractivity contribution >= 4 is 32.0 Å². The van der Waals surface area contributed by atoms with Gasteiger partial charge in [0.2, 0.25) is 10.0 Å². The second kappa shape index (κ2) is 7.76. The van der Waals surface area contributed by atoms with Gasteiger partial charge in [-0.2, -0.15) is 4.31 Å². The zero-order valence-electron chi connectivity index (χ0n) is 17.7. The Hall–Kier alpha value is -3.15. The van der Waals surface area contributed by atoms with Crippen molar-refractivity contribution in [2.45, 2.75) is 17.9 Å². The van der Waals surface area contributed by atoms with Gasteiger partial charge in [0.1, 0.15) is 16.2 Å². The lowest BCUT2D eigenvalue weighted by Gasteiger charge is -2.37. The Morgan fingerprint density at radius 3 is 2.47 bits per heavy atom. The molecule has 1 saturated heterocycles. The largest absolute Gasteiger partial charge is 0.298 e. The van der Waals surface area contributed by atoms with Gasteiger partial charge in [0.25, 0.3) is 5.56 Å². The Kier molecular flexibility index (Phi) is 5.03. The molecular formula is C21H22N6O4S. The highest BCUT2D eigenvalue weighted by Crippen LogP contribution is 2.26. The topological polar surface area (TPSA) is 114 Å². The molecule has 5 rings (SSSR count).